The van der Waals surface area contributed by atoms with Gasteiger partial charge in [0.05, 0.1) is 6.54 Å². The molecular formula is C10H11ClFN. The Morgan fingerprint density at radius 3 is 2.69 bits per heavy atom. The predicted octanol–water partition coefficient (Wildman–Crippen LogP) is 2.60. The van der Waals surface area contributed by atoms with Gasteiger partial charge in [-0.2, -0.15) is 0 Å². The Morgan fingerprint density at radius 2 is 2.15 bits per heavy atom. The Bertz CT molecular complexity index is 297. The third kappa shape index (κ3) is 3.82. The van der Waals surface area contributed by atoms with Gasteiger partial charge in [-0.3, -0.25) is 0 Å². The molecule has 0 unspecified atom stereocenters. The van der Waals surface area contributed by atoms with Crippen molar-refractivity contribution in [3.63, 3.8) is 0 Å². The van der Waals surface area contributed by atoms with Gasteiger partial charge in [-0.15, -0.1) is 18.8 Å². The molecule has 0 aliphatic rings. The maximum absolute atomic E-state index is 12.8. The number of nitrogens with one attached hydrogen (secondary N) is 1. The Balaban J connectivity index is 0.00000144. The number of benzene rings is 1. The fourth-order valence-electron chi connectivity index (χ4n) is 0.991. The molecule has 1 nitrogen and oxygen atoms in total. The number of rotatable bonds is 2. The molecule has 0 aliphatic heterocycles. The van der Waals surface area contributed by atoms with Crippen LogP contribution in [0.3, 0.4) is 0 Å². The number of aryl methyl sites for hydroxylation is 1. The molecule has 1 rings (SSSR count). The van der Waals surface area contributed by atoms with E-state index in [0.29, 0.717) is 6.54 Å². The molecular weight excluding hydrogens is 189 g/mol. The average Bonchev–Trinajstić information content (AvgIpc) is 1.99. The van der Waals surface area contributed by atoms with E-state index in [1.165, 1.54) is 12.1 Å². The molecule has 0 saturated heterocycles. The van der Waals surface area contributed by atoms with Crippen molar-refractivity contribution < 1.29 is 4.39 Å². The second-order valence-corrected chi connectivity index (χ2v) is 2.57. The molecule has 0 saturated carbocycles. The highest BCUT2D eigenvalue weighted by atomic mass is 35.5. The summed E-state index contributed by atoms with van der Waals surface area (Å²) in [7, 11) is 0. The number of hydrogen-bond acceptors (Lipinski definition) is 1. The van der Waals surface area contributed by atoms with Crippen LogP contribution in [0.4, 0.5) is 10.1 Å². The van der Waals surface area contributed by atoms with Crippen LogP contribution in [0.1, 0.15) is 5.56 Å². The largest absolute Gasteiger partial charge is 0.374 e. The van der Waals surface area contributed by atoms with E-state index in [9.17, 15) is 4.39 Å². The quantitative estimate of drug-likeness (QED) is 0.722. The van der Waals surface area contributed by atoms with Crippen LogP contribution in [0, 0.1) is 25.1 Å². The lowest BCUT2D eigenvalue weighted by Gasteiger charge is -2.03. The summed E-state index contributed by atoms with van der Waals surface area (Å²) in [5, 5.41) is 2.90. The molecule has 0 spiro atoms. The van der Waals surface area contributed by atoms with E-state index in [4.69, 9.17) is 6.42 Å². The molecule has 0 aliphatic carbocycles. The van der Waals surface area contributed by atoms with Gasteiger partial charge in [-0.1, -0.05) is 5.92 Å². The minimum atomic E-state index is -0.241. The van der Waals surface area contributed by atoms with Crippen molar-refractivity contribution in [1.29, 1.82) is 0 Å². The second kappa shape index (κ2) is 5.45. The first kappa shape index (κ1) is 11.8. The van der Waals surface area contributed by atoms with Crippen molar-refractivity contribution >= 4 is 18.1 Å². The van der Waals surface area contributed by atoms with Crippen LogP contribution in [-0.2, 0) is 0 Å². The van der Waals surface area contributed by atoms with E-state index in [0.717, 1.165) is 11.3 Å². The summed E-state index contributed by atoms with van der Waals surface area (Å²) < 4.78 is 12.8. The molecule has 1 aromatic carbocycles. The molecule has 1 N–H and O–H groups in total. The van der Waals surface area contributed by atoms with Crippen molar-refractivity contribution in [2.75, 3.05) is 11.9 Å². The Hall–Kier alpha value is -1.20. The second-order valence-electron chi connectivity index (χ2n) is 2.57. The van der Waals surface area contributed by atoms with E-state index in [-0.39, 0.29) is 18.2 Å². The summed E-state index contributed by atoms with van der Waals surface area (Å²) >= 11 is 0. The first-order valence-corrected chi connectivity index (χ1v) is 3.67. The molecule has 0 aromatic heterocycles. The summed E-state index contributed by atoms with van der Waals surface area (Å²) in [5.74, 6) is 2.18. The molecule has 0 heterocycles. The van der Waals surface area contributed by atoms with Gasteiger partial charge in [0.2, 0.25) is 0 Å². The first-order chi connectivity index (χ1) is 5.72. The molecule has 0 radical (unpaired) electrons. The zero-order chi connectivity index (χ0) is 8.97. The third-order valence-corrected chi connectivity index (χ3v) is 1.44. The highest BCUT2D eigenvalue weighted by molar-refractivity contribution is 5.85. The summed E-state index contributed by atoms with van der Waals surface area (Å²) in [5.41, 5.74) is 1.61. The summed E-state index contributed by atoms with van der Waals surface area (Å²) in [6.45, 7) is 2.26. The minimum absolute atomic E-state index is 0. The van der Waals surface area contributed by atoms with Gasteiger partial charge in [0.15, 0.2) is 0 Å². The van der Waals surface area contributed by atoms with E-state index < -0.39 is 0 Å². The Kier molecular flexibility index (Phi) is 4.94. The first-order valence-electron chi connectivity index (χ1n) is 3.67. The van der Waals surface area contributed by atoms with E-state index in [2.05, 4.69) is 11.2 Å². The van der Waals surface area contributed by atoms with E-state index >= 15 is 0 Å². The van der Waals surface area contributed by atoms with Crippen molar-refractivity contribution in [2.45, 2.75) is 6.92 Å². The highest BCUT2D eigenvalue weighted by Gasteiger charge is 1.95. The van der Waals surface area contributed by atoms with Crippen LogP contribution >= 0.6 is 12.4 Å². The molecule has 3 heteroatoms. The fourth-order valence-corrected chi connectivity index (χ4v) is 0.991. The van der Waals surface area contributed by atoms with Crippen LogP contribution < -0.4 is 5.32 Å². The summed E-state index contributed by atoms with van der Waals surface area (Å²) in [6, 6.07) is 4.74. The zero-order valence-electron chi connectivity index (χ0n) is 7.30. The SMILES string of the molecule is C#CCNc1cc(C)cc(F)c1.Cl. The molecule has 13 heavy (non-hydrogen) atoms. The lowest BCUT2D eigenvalue weighted by atomic mass is 10.2. The van der Waals surface area contributed by atoms with Crippen LogP contribution in [0.5, 0.6) is 0 Å². The van der Waals surface area contributed by atoms with Gasteiger partial charge in [-0.25, -0.2) is 4.39 Å². The zero-order valence-corrected chi connectivity index (χ0v) is 8.12. The Morgan fingerprint density at radius 1 is 1.46 bits per heavy atom. The molecule has 0 fully saturated rings. The van der Waals surface area contributed by atoms with E-state index in [1.807, 2.05) is 13.0 Å². The standard InChI is InChI=1S/C10H10FN.ClH/c1-3-4-12-10-6-8(2)5-9(11)7-10;/h1,5-7,12H,4H2,2H3;1H. The van der Waals surface area contributed by atoms with Crippen molar-refractivity contribution in [2.24, 2.45) is 0 Å². The maximum Gasteiger partial charge on any atom is 0.125 e. The number of anilines is 1. The van der Waals surface area contributed by atoms with E-state index in [1.54, 1.807) is 0 Å². The predicted molar refractivity (Wildman–Crippen MR) is 55.7 cm³/mol. The molecule has 70 valence electrons. The van der Waals surface area contributed by atoms with Gasteiger partial charge in [0, 0.05) is 5.69 Å². The van der Waals surface area contributed by atoms with Crippen LogP contribution in [0.25, 0.3) is 0 Å². The fraction of sp³-hybridized carbons (Fsp3) is 0.200. The van der Waals surface area contributed by atoms with Gasteiger partial charge in [0.25, 0.3) is 0 Å². The number of terminal acetylenes is 1. The van der Waals surface area contributed by atoms with Crippen LogP contribution in [-0.4, -0.2) is 6.54 Å². The van der Waals surface area contributed by atoms with Crippen molar-refractivity contribution in [1.82, 2.24) is 0 Å². The molecule has 0 amide bonds. The number of hydrogen-bond donors (Lipinski definition) is 1. The smallest absolute Gasteiger partial charge is 0.125 e. The monoisotopic (exact) mass is 199 g/mol. The van der Waals surface area contributed by atoms with Crippen molar-refractivity contribution in [3.8, 4) is 12.3 Å². The summed E-state index contributed by atoms with van der Waals surface area (Å²) in [4.78, 5) is 0. The molecule has 0 atom stereocenters. The van der Waals surface area contributed by atoms with Crippen molar-refractivity contribution in [3.05, 3.63) is 29.6 Å². The number of halogens is 2. The van der Waals surface area contributed by atoms with Gasteiger partial charge < -0.3 is 5.32 Å². The maximum atomic E-state index is 12.8. The average molecular weight is 200 g/mol. The molecule has 0 bridgehead atoms. The van der Waals surface area contributed by atoms with Gasteiger partial charge in [0.1, 0.15) is 5.82 Å². The highest BCUT2D eigenvalue weighted by Crippen LogP contribution is 2.12. The van der Waals surface area contributed by atoms with Gasteiger partial charge >= 0.3 is 0 Å². The Labute approximate surface area is 83.8 Å². The lowest BCUT2D eigenvalue weighted by molar-refractivity contribution is 0.627. The normalized spacial score (nSPS) is 8.38. The molecule has 1 aromatic rings. The lowest BCUT2D eigenvalue weighted by Crippen LogP contribution is -1.98. The van der Waals surface area contributed by atoms with Crippen LogP contribution in [0.2, 0.25) is 0 Å². The third-order valence-electron chi connectivity index (χ3n) is 1.44. The topological polar surface area (TPSA) is 12.0 Å². The van der Waals surface area contributed by atoms with Crippen LogP contribution in [0.15, 0.2) is 18.2 Å². The van der Waals surface area contributed by atoms with Gasteiger partial charge in [-0.05, 0) is 30.7 Å². The minimum Gasteiger partial charge on any atom is -0.374 e. The summed E-state index contributed by atoms with van der Waals surface area (Å²) in [6.07, 6.45) is 5.05.